The largest absolute Gasteiger partial charge is 0.378 e. The van der Waals surface area contributed by atoms with Crippen LogP contribution in [0.3, 0.4) is 0 Å². The Morgan fingerprint density at radius 3 is 2.61 bits per heavy atom. The maximum atomic E-state index is 13.8. The molecule has 1 N–H and O–H groups in total. The van der Waals surface area contributed by atoms with Crippen molar-refractivity contribution in [1.82, 2.24) is 24.6 Å². The number of benzene rings is 3. The van der Waals surface area contributed by atoms with Crippen molar-refractivity contribution in [2.24, 2.45) is 0 Å². The number of rotatable bonds is 6. The summed E-state index contributed by atoms with van der Waals surface area (Å²) in [6, 6.07) is 23.7. The SMILES string of the molecule is N#Cc1ccc(CC(c2cnc[nH]2)n2cc(C(=O)N3CCOCC3)c(-c3cccc4ccccc34)n2)cc1. The van der Waals surface area contributed by atoms with Crippen molar-refractivity contribution in [2.45, 2.75) is 12.5 Å². The summed E-state index contributed by atoms with van der Waals surface area (Å²) in [5, 5.41) is 16.4. The molecule has 1 aliphatic heterocycles. The third-order valence-corrected chi connectivity index (χ3v) is 7.02. The van der Waals surface area contributed by atoms with E-state index in [0.29, 0.717) is 49.5 Å². The number of nitrogens with one attached hydrogen (secondary N) is 1. The molecule has 8 heteroatoms. The van der Waals surface area contributed by atoms with E-state index in [4.69, 9.17) is 9.84 Å². The summed E-state index contributed by atoms with van der Waals surface area (Å²) in [5.74, 6) is -0.0517. The van der Waals surface area contributed by atoms with E-state index in [1.165, 1.54) is 0 Å². The van der Waals surface area contributed by atoms with E-state index in [1.54, 1.807) is 12.5 Å². The summed E-state index contributed by atoms with van der Waals surface area (Å²) < 4.78 is 7.36. The second-order valence-corrected chi connectivity index (χ2v) is 9.34. The Hall–Kier alpha value is -4.74. The molecule has 1 fully saturated rings. The summed E-state index contributed by atoms with van der Waals surface area (Å²) in [4.78, 5) is 23.2. The van der Waals surface area contributed by atoms with Gasteiger partial charge in [-0.25, -0.2) is 4.98 Å². The fraction of sp³-hybridized carbons (Fsp3) is 0.200. The van der Waals surface area contributed by atoms with Gasteiger partial charge in [-0.2, -0.15) is 10.4 Å². The second-order valence-electron chi connectivity index (χ2n) is 9.34. The average Bonchev–Trinajstić information content (AvgIpc) is 3.67. The molecule has 1 amide bonds. The van der Waals surface area contributed by atoms with Crippen molar-refractivity contribution in [1.29, 1.82) is 5.26 Å². The lowest BCUT2D eigenvalue weighted by molar-refractivity contribution is 0.0303. The Morgan fingerprint density at radius 1 is 1.05 bits per heavy atom. The van der Waals surface area contributed by atoms with Gasteiger partial charge in [0.15, 0.2) is 0 Å². The monoisotopic (exact) mass is 502 g/mol. The second kappa shape index (κ2) is 10.3. The third-order valence-electron chi connectivity index (χ3n) is 7.02. The number of hydrogen-bond donors (Lipinski definition) is 1. The zero-order chi connectivity index (χ0) is 25.9. The normalized spacial score (nSPS) is 14.3. The standard InChI is InChI=1S/C30H26N6O2/c31-17-22-10-8-21(9-11-22)16-28(27-18-32-20-33-27)36-19-26(30(37)35-12-14-38-15-13-35)29(34-36)25-7-3-5-23-4-1-2-6-24(23)25/h1-11,18-20,28H,12-16H2,(H,32,33). The molecule has 1 saturated heterocycles. The first kappa shape index (κ1) is 23.6. The Morgan fingerprint density at radius 2 is 1.84 bits per heavy atom. The minimum atomic E-state index is -0.231. The zero-order valence-electron chi connectivity index (χ0n) is 20.7. The summed E-state index contributed by atoms with van der Waals surface area (Å²) in [6.45, 7) is 2.15. The highest BCUT2D eigenvalue weighted by atomic mass is 16.5. The molecule has 1 atom stereocenters. The first-order valence-electron chi connectivity index (χ1n) is 12.6. The number of imidazole rings is 1. The van der Waals surface area contributed by atoms with Crippen LogP contribution in [0, 0.1) is 11.3 Å². The molecule has 38 heavy (non-hydrogen) atoms. The number of fused-ring (bicyclic) bond motifs is 1. The van der Waals surface area contributed by atoms with Gasteiger partial charge in [-0.05, 0) is 28.5 Å². The van der Waals surface area contributed by atoms with Crippen molar-refractivity contribution in [3.8, 4) is 17.3 Å². The smallest absolute Gasteiger partial charge is 0.257 e. The van der Waals surface area contributed by atoms with Gasteiger partial charge in [0.1, 0.15) is 5.69 Å². The molecule has 2 aromatic heterocycles. The van der Waals surface area contributed by atoms with Gasteiger partial charge >= 0.3 is 0 Å². The molecule has 0 bridgehead atoms. The number of morpholine rings is 1. The molecule has 8 nitrogen and oxygen atoms in total. The molecular weight excluding hydrogens is 476 g/mol. The van der Waals surface area contributed by atoms with Gasteiger partial charge in [-0.1, -0.05) is 54.6 Å². The first-order chi connectivity index (χ1) is 18.7. The van der Waals surface area contributed by atoms with Crippen molar-refractivity contribution in [3.63, 3.8) is 0 Å². The first-order valence-corrected chi connectivity index (χ1v) is 12.6. The number of aromatic amines is 1. The predicted octanol–water partition coefficient (Wildman–Crippen LogP) is 4.60. The molecule has 0 saturated carbocycles. The lowest BCUT2D eigenvalue weighted by atomic mass is 9.99. The van der Waals surface area contributed by atoms with Crippen LogP contribution in [0.25, 0.3) is 22.0 Å². The van der Waals surface area contributed by atoms with Crippen LogP contribution in [0.1, 0.15) is 33.2 Å². The number of aromatic nitrogens is 4. The molecule has 0 radical (unpaired) electrons. The lowest BCUT2D eigenvalue weighted by Gasteiger charge is -2.26. The maximum Gasteiger partial charge on any atom is 0.257 e. The van der Waals surface area contributed by atoms with Crippen LogP contribution in [0.5, 0.6) is 0 Å². The Labute approximate surface area is 220 Å². The van der Waals surface area contributed by atoms with Crippen LogP contribution >= 0.6 is 0 Å². The number of ether oxygens (including phenoxy) is 1. The summed E-state index contributed by atoms with van der Waals surface area (Å²) in [5.41, 5.74) is 4.68. The maximum absolute atomic E-state index is 13.8. The molecule has 1 aliphatic rings. The minimum absolute atomic E-state index is 0.0517. The van der Waals surface area contributed by atoms with Crippen molar-refractivity contribution >= 4 is 16.7 Å². The van der Waals surface area contributed by atoms with Gasteiger partial charge in [-0.3, -0.25) is 9.48 Å². The van der Waals surface area contributed by atoms with Crippen molar-refractivity contribution < 1.29 is 9.53 Å². The molecule has 3 aromatic carbocycles. The van der Waals surface area contributed by atoms with Gasteiger partial charge < -0.3 is 14.6 Å². The van der Waals surface area contributed by atoms with Crippen LogP contribution in [-0.4, -0.2) is 56.9 Å². The summed E-state index contributed by atoms with van der Waals surface area (Å²) in [7, 11) is 0. The fourth-order valence-corrected chi connectivity index (χ4v) is 5.01. The van der Waals surface area contributed by atoms with E-state index in [1.807, 2.05) is 64.3 Å². The summed E-state index contributed by atoms with van der Waals surface area (Å²) in [6.07, 6.45) is 5.91. The van der Waals surface area contributed by atoms with Crippen molar-refractivity contribution in [2.75, 3.05) is 26.3 Å². The molecule has 6 rings (SSSR count). The Kier molecular flexibility index (Phi) is 6.42. The van der Waals surface area contributed by atoms with E-state index < -0.39 is 0 Å². The third kappa shape index (κ3) is 4.56. The number of nitrogens with zero attached hydrogens (tertiary/aromatic N) is 5. The van der Waals surface area contributed by atoms with Gasteiger partial charge in [-0.15, -0.1) is 0 Å². The number of hydrogen-bond acceptors (Lipinski definition) is 5. The number of nitriles is 1. The van der Waals surface area contributed by atoms with E-state index in [9.17, 15) is 10.1 Å². The quantitative estimate of drug-likeness (QED) is 0.366. The highest BCUT2D eigenvalue weighted by Crippen LogP contribution is 2.33. The van der Waals surface area contributed by atoms with Crippen LogP contribution in [0.4, 0.5) is 0 Å². The zero-order valence-corrected chi connectivity index (χ0v) is 20.7. The molecule has 188 valence electrons. The molecule has 0 aliphatic carbocycles. The van der Waals surface area contributed by atoms with E-state index in [0.717, 1.165) is 27.6 Å². The predicted molar refractivity (Wildman–Crippen MR) is 143 cm³/mol. The minimum Gasteiger partial charge on any atom is -0.378 e. The van der Waals surface area contributed by atoms with Gasteiger partial charge in [0.05, 0.1) is 54.7 Å². The fourth-order valence-electron chi connectivity index (χ4n) is 5.01. The summed E-state index contributed by atoms with van der Waals surface area (Å²) >= 11 is 0. The van der Waals surface area contributed by atoms with Crippen LogP contribution in [0.2, 0.25) is 0 Å². The number of carbonyl (C=O) groups excluding carboxylic acids is 1. The van der Waals surface area contributed by atoms with Crippen LogP contribution in [-0.2, 0) is 11.2 Å². The average molecular weight is 503 g/mol. The topological polar surface area (TPSA) is 99.8 Å². The van der Waals surface area contributed by atoms with E-state index in [-0.39, 0.29) is 11.9 Å². The van der Waals surface area contributed by atoms with Gasteiger partial charge in [0, 0.05) is 31.3 Å². The number of amides is 1. The lowest BCUT2D eigenvalue weighted by Crippen LogP contribution is -2.40. The molecule has 0 spiro atoms. The van der Waals surface area contributed by atoms with Crippen LogP contribution < -0.4 is 0 Å². The molecule has 3 heterocycles. The number of carbonyl (C=O) groups is 1. The molecule has 1 unspecified atom stereocenters. The Balaban J connectivity index is 1.48. The van der Waals surface area contributed by atoms with Gasteiger partial charge in [0.25, 0.3) is 5.91 Å². The number of H-pyrrole nitrogens is 1. The van der Waals surface area contributed by atoms with Gasteiger partial charge in [0.2, 0.25) is 0 Å². The molecule has 5 aromatic rings. The highest BCUT2D eigenvalue weighted by molar-refractivity contribution is 6.04. The van der Waals surface area contributed by atoms with E-state index in [2.05, 4.69) is 34.2 Å². The van der Waals surface area contributed by atoms with Crippen LogP contribution in [0.15, 0.2) is 85.5 Å². The highest BCUT2D eigenvalue weighted by Gasteiger charge is 2.28. The Bertz CT molecular complexity index is 1600. The van der Waals surface area contributed by atoms with E-state index >= 15 is 0 Å². The molecular formula is C30H26N6O2. The van der Waals surface area contributed by atoms with Crippen molar-refractivity contribution in [3.05, 3.63) is 108 Å².